The summed E-state index contributed by atoms with van der Waals surface area (Å²) in [4.78, 5) is 1.42. The van der Waals surface area contributed by atoms with Crippen LogP contribution < -0.4 is 5.32 Å². The molecule has 1 aromatic rings. The van der Waals surface area contributed by atoms with E-state index < -0.39 is 0 Å². The lowest BCUT2D eigenvalue weighted by Gasteiger charge is -2.23. The average Bonchev–Trinajstić information content (AvgIpc) is 2.68. The van der Waals surface area contributed by atoms with Crippen molar-refractivity contribution >= 4 is 11.8 Å². The monoisotopic (exact) mass is 279 g/mol. The Morgan fingerprint density at radius 3 is 2.79 bits per heavy atom. The number of fused-ring (bicyclic) bond motifs is 1. The summed E-state index contributed by atoms with van der Waals surface area (Å²) < 4.78 is 0. The van der Waals surface area contributed by atoms with Crippen LogP contribution in [0.2, 0.25) is 0 Å². The Morgan fingerprint density at radius 2 is 2.11 bits per heavy atom. The largest absolute Gasteiger partial charge is 0.392 e. The van der Waals surface area contributed by atoms with Crippen molar-refractivity contribution in [1.29, 1.82) is 0 Å². The van der Waals surface area contributed by atoms with E-state index in [-0.39, 0.29) is 11.5 Å². The number of aliphatic hydroxyl groups is 1. The predicted molar refractivity (Wildman–Crippen MR) is 82.7 cm³/mol. The molecule has 0 saturated carbocycles. The Morgan fingerprint density at radius 1 is 1.37 bits per heavy atom. The van der Waals surface area contributed by atoms with E-state index in [4.69, 9.17) is 0 Å². The molecule has 1 aliphatic rings. The number of nitrogens with one attached hydrogen (secondary N) is 1. The van der Waals surface area contributed by atoms with Crippen LogP contribution in [-0.4, -0.2) is 29.5 Å². The number of aliphatic hydroxyl groups excluding tert-OH is 1. The molecule has 1 aliphatic heterocycles. The first-order chi connectivity index (χ1) is 8.94. The molecular formula is C16H25NOS. The van der Waals surface area contributed by atoms with Gasteiger partial charge in [0.25, 0.3) is 0 Å². The molecule has 2 atom stereocenters. The molecule has 0 fully saturated rings. The van der Waals surface area contributed by atoms with Gasteiger partial charge in [-0.25, -0.2) is 0 Å². The molecule has 2 rings (SSSR count). The SMILES string of the molecule is CC(C)(C)CC(O)CNCC1Cc2ccccc2S1. The lowest BCUT2D eigenvalue weighted by atomic mass is 9.89. The van der Waals surface area contributed by atoms with Gasteiger partial charge >= 0.3 is 0 Å². The molecule has 106 valence electrons. The summed E-state index contributed by atoms with van der Waals surface area (Å²) in [6.45, 7) is 8.17. The zero-order chi connectivity index (χ0) is 13.9. The summed E-state index contributed by atoms with van der Waals surface area (Å²) in [6.07, 6.45) is 1.75. The van der Waals surface area contributed by atoms with Crippen molar-refractivity contribution in [3.63, 3.8) is 0 Å². The minimum Gasteiger partial charge on any atom is -0.392 e. The minimum atomic E-state index is -0.242. The predicted octanol–water partition coefficient (Wildman–Crippen LogP) is 3.09. The number of thioether (sulfide) groups is 1. The lowest BCUT2D eigenvalue weighted by molar-refractivity contribution is 0.120. The van der Waals surface area contributed by atoms with E-state index in [2.05, 4.69) is 50.4 Å². The number of hydrogen-bond acceptors (Lipinski definition) is 3. The molecule has 0 radical (unpaired) electrons. The third kappa shape index (κ3) is 4.83. The van der Waals surface area contributed by atoms with Gasteiger partial charge in [-0.15, -0.1) is 11.8 Å². The molecule has 1 aromatic carbocycles. The summed E-state index contributed by atoms with van der Waals surface area (Å²) in [5.41, 5.74) is 1.66. The van der Waals surface area contributed by atoms with Crippen LogP contribution in [0, 0.1) is 5.41 Å². The molecule has 3 heteroatoms. The van der Waals surface area contributed by atoms with Gasteiger partial charge in [0.2, 0.25) is 0 Å². The van der Waals surface area contributed by atoms with E-state index in [1.165, 1.54) is 10.5 Å². The van der Waals surface area contributed by atoms with Crippen LogP contribution in [0.3, 0.4) is 0 Å². The quantitative estimate of drug-likeness (QED) is 0.869. The smallest absolute Gasteiger partial charge is 0.0669 e. The maximum Gasteiger partial charge on any atom is 0.0669 e. The molecule has 0 bridgehead atoms. The highest BCUT2D eigenvalue weighted by Gasteiger charge is 2.22. The zero-order valence-corrected chi connectivity index (χ0v) is 13.0. The van der Waals surface area contributed by atoms with Gasteiger partial charge in [0.15, 0.2) is 0 Å². The second kappa shape index (κ2) is 6.29. The summed E-state index contributed by atoms with van der Waals surface area (Å²) in [5, 5.41) is 14.0. The van der Waals surface area contributed by atoms with Crippen LogP contribution in [0.15, 0.2) is 29.2 Å². The first kappa shape index (κ1) is 14.9. The second-order valence-corrected chi connectivity index (χ2v) is 7.97. The fourth-order valence-corrected chi connectivity index (χ4v) is 3.84. The minimum absolute atomic E-state index is 0.194. The van der Waals surface area contributed by atoms with Gasteiger partial charge in [0.05, 0.1) is 6.10 Å². The average molecular weight is 279 g/mol. The third-order valence-electron chi connectivity index (χ3n) is 3.31. The number of rotatable bonds is 5. The normalized spacial score (nSPS) is 20.3. The molecule has 0 saturated heterocycles. The Kier molecular flexibility index (Phi) is 4.93. The molecule has 2 nitrogen and oxygen atoms in total. The highest BCUT2D eigenvalue weighted by Crippen LogP contribution is 2.36. The van der Waals surface area contributed by atoms with Crippen molar-refractivity contribution in [3.05, 3.63) is 29.8 Å². The Labute approximate surface area is 121 Å². The van der Waals surface area contributed by atoms with Crippen LogP contribution in [0.4, 0.5) is 0 Å². The van der Waals surface area contributed by atoms with Crippen molar-refractivity contribution in [2.75, 3.05) is 13.1 Å². The van der Waals surface area contributed by atoms with Gasteiger partial charge in [-0.1, -0.05) is 39.0 Å². The maximum atomic E-state index is 9.96. The summed E-state index contributed by atoms with van der Waals surface area (Å²) in [7, 11) is 0. The fraction of sp³-hybridized carbons (Fsp3) is 0.625. The van der Waals surface area contributed by atoms with E-state index in [0.29, 0.717) is 11.8 Å². The fourth-order valence-electron chi connectivity index (χ4n) is 2.56. The topological polar surface area (TPSA) is 32.3 Å². The lowest BCUT2D eigenvalue weighted by Crippen LogP contribution is -2.34. The molecule has 0 amide bonds. The van der Waals surface area contributed by atoms with E-state index in [1.807, 2.05) is 11.8 Å². The molecular weight excluding hydrogens is 254 g/mol. The number of benzene rings is 1. The van der Waals surface area contributed by atoms with Gasteiger partial charge in [-0.05, 0) is 29.9 Å². The molecule has 19 heavy (non-hydrogen) atoms. The van der Waals surface area contributed by atoms with Gasteiger partial charge in [0.1, 0.15) is 0 Å². The second-order valence-electron chi connectivity index (χ2n) is 6.63. The summed E-state index contributed by atoms with van der Waals surface area (Å²) in [5.74, 6) is 0. The van der Waals surface area contributed by atoms with Gasteiger partial charge in [-0.2, -0.15) is 0 Å². The van der Waals surface area contributed by atoms with Gasteiger partial charge in [0, 0.05) is 23.2 Å². The molecule has 0 spiro atoms. The van der Waals surface area contributed by atoms with Crippen LogP contribution in [0.25, 0.3) is 0 Å². The van der Waals surface area contributed by atoms with Crippen molar-refractivity contribution in [2.45, 2.75) is 49.9 Å². The molecule has 0 aromatic heterocycles. The van der Waals surface area contributed by atoms with Crippen LogP contribution in [0.1, 0.15) is 32.8 Å². The highest BCUT2D eigenvalue weighted by molar-refractivity contribution is 8.00. The standard InChI is InChI=1S/C16H25NOS/c1-16(2,3)9-13(18)10-17-11-14-8-12-6-4-5-7-15(12)19-14/h4-7,13-14,17-18H,8-11H2,1-3H3. The molecule has 0 aliphatic carbocycles. The first-order valence-corrected chi connectivity index (χ1v) is 7.95. The van der Waals surface area contributed by atoms with Crippen molar-refractivity contribution < 1.29 is 5.11 Å². The summed E-state index contributed by atoms with van der Waals surface area (Å²) in [6, 6.07) is 8.64. The zero-order valence-electron chi connectivity index (χ0n) is 12.1. The van der Waals surface area contributed by atoms with Crippen LogP contribution >= 0.6 is 11.8 Å². The van der Waals surface area contributed by atoms with Crippen LogP contribution in [-0.2, 0) is 6.42 Å². The maximum absolute atomic E-state index is 9.96. The summed E-state index contributed by atoms with van der Waals surface area (Å²) >= 11 is 1.96. The van der Waals surface area contributed by atoms with Crippen molar-refractivity contribution in [3.8, 4) is 0 Å². The first-order valence-electron chi connectivity index (χ1n) is 7.07. The van der Waals surface area contributed by atoms with Crippen molar-refractivity contribution in [2.24, 2.45) is 5.41 Å². The van der Waals surface area contributed by atoms with Gasteiger partial charge < -0.3 is 10.4 Å². The Hall–Kier alpha value is -0.510. The van der Waals surface area contributed by atoms with Crippen molar-refractivity contribution in [1.82, 2.24) is 5.32 Å². The Bertz CT molecular complexity index is 388. The molecule has 2 unspecified atom stereocenters. The highest BCUT2D eigenvalue weighted by atomic mass is 32.2. The number of hydrogen-bond donors (Lipinski definition) is 2. The van der Waals surface area contributed by atoms with E-state index >= 15 is 0 Å². The van der Waals surface area contributed by atoms with E-state index in [1.54, 1.807) is 0 Å². The van der Waals surface area contributed by atoms with E-state index in [9.17, 15) is 5.11 Å². The van der Waals surface area contributed by atoms with Crippen LogP contribution in [0.5, 0.6) is 0 Å². The molecule has 2 N–H and O–H groups in total. The third-order valence-corrected chi connectivity index (χ3v) is 4.63. The van der Waals surface area contributed by atoms with E-state index in [0.717, 1.165) is 19.4 Å². The van der Waals surface area contributed by atoms with Gasteiger partial charge in [-0.3, -0.25) is 0 Å². The molecule has 1 heterocycles. The Balaban J connectivity index is 1.68.